The minimum absolute atomic E-state index is 0.205. The Hall–Kier alpha value is -2.60. The molecular formula is C28H35N3O2S. The van der Waals surface area contributed by atoms with Crippen molar-refractivity contribution in [1.82, 2.24) is 15.3 Å². The van der Waals surface area contributed by atoms with Gasteiger partial charge in [-0.15, -0.1) is 11.3 Å². The highest BCUT2D eigenvalue weighted by molar-refractivity contribution is 7.18. The van der Waals surface area contributed by atoms with Crippen molar-refractivity contribution in [1.29, 1.82) is 0 Å². The Morgan fingerprint density at radius 1 is 1.18 bits per heavy atom. The maximum Gasteiger partial charge on any atom is 0.408 e. The van der Waals surface area contributed by atoms with Crippen LogP contribution in [0.4, 0.5) is 4.79 Å². The lowest BCUT2D eigenvalue weighted by Crippen LogP contribution is -2.35. The summed E-state index contributed by atoms with van der Waals surface area (Å²) in [6, 6.07) is 8.86. The number of thiophene rings is 1. The number of carbonyl (C=O) groups excluding carboxylic acids is 1. The Morgan fingerprint density at radius 3 is 2.65 bits per heavy atom. The fraction of sp³-hybridized carbons (Fsp3) is 0.500. The van der Waals surface area contributed by atoms with Crippen molar-refractivity contribution in [2.24, 2.45) is 0 Å². The molecule has 2 heterocycles. The van der Waals surface area contributed by atoms with Gasteiger partial charge in [-0.1, -0.05) is 25.5 Å². The van der Waals surface area contributed by atoms with Crippen molar-refractivity contribution >= 4 is 17.4 Å². The van der Waals surface area contributed by atoms with Crippen molar-refractivity contribution in [2.45, 2.75) is 90.2 Å². The molecule has 2 aliphatic rings. The first-order valence-corrected chi connectivity index (χ1v) is 13.3. The number of aromatic amines is 1. The Morgan fingerprint density at radius 2 is 1.91 bits per heavy atom. The normalized spacial score (nSPS) is 19.8. The largest absolute Gasteiger partial charge is 0.444 e. The van der Waals surface area contributed by atoms with Gasteiger partial charge in [-0.05, 0) is 99.6 Å². The predicted molar refractivity (Wildman–Crippen MR) is 138 cm³/mol. The number of amides is 1. The van der Waals surface area contributed by atoms with E-state index < -0.39 is 11.7 Å². The first kappa shape index (κ1) is 23.2. The lowest BCUT2D eigenvalue weighted by molar-refractivity contribution is 0.0498. The SMILES string of the molecule is CCC[C@H](NC(=O)OC(C)(C)C)c1ncc(-c2ccc(-c3ccc(C)c4c3C3CCC4C3)s2)[nH]1. The fourth-order valence-electron chi connectivity index (χ4n) is 5.73. The van der Waals surface area contributed by atoms with E-state index in [-0.39, 0.29) is 6.04 Å². The fourth-order valence-corrected chi connectivity index (χ4v) is 6.74. The van der Waals surface area contributed by atoms with Crippen LogP contribution in [0.25, 0.3) is 21.0 Å². The number of hydrogen-bond donors (Lipinski definition) is 2. The van der Waals surface area contributed by atoms with Crippen LogP contribution < -0.4 is 5.32 Å². The van der Waals surface area contributed by atoms with E-state index in [0.717, 1.165) is 36.2 Å². The smallest absolute Gasteiger partial charge is 0.408 e. The molecule has 5 nitrogen and oxygen atoms in total. The summed E-state index contributed by atoms with van der Waals surface area (Å²) in [5.74, 6) is 2.27. The van der Waals surface area contributed by atoms with E-state index >= 15 is 0 Å². The van der Waals surface area contributed by atoms with Gasteiger partial charge in [0.15, 0.2) is 0 Å². The molecule has 1 amide bonds. The summed E-state index contributed by atoms with van der Waals surface area (Å²) in [4.78, 5) is 22.9. The quantitative estimate of drug-likeness (QED) is 0.380. The van der Waals surface area contributed by atoms with Crippen molar-refractivity contribution in [2.75, 3.05) is 0 Å². The van der Waals surface area contributed by atoms with Crippen LogP contribution in [0.3, 0.4) is 0 Å². The number of rotatable bonds is 6. The molecule has 2 unspecified atom stereocenters. The zero-order chi connectivity index (χ0) is 24.0. The molecule has 1 aromatic carbocycles. The maximum absolute atomic E-state index is 12.4. The molecule has 6 heteroatoms. The molecule has 5 rings (SSSR count). The summed E-state index contributed by atoms with van der Waals surface area (Å²) in [5, 5.41) is 2.98. The lowest BCUT2D eigenvalue weighted by atomic mass is 9.85. The zero-order valence-corrected chi connectivity index (χ0v) is 21.6. The number of aromatic nitrogens is 2. The number of carbonyl (C=O) groups is 1. The van der Waals surface area contributed by atoms with Crippen molar-refractivity contribution in [3.05, 3.63) is 53.0 Å². The molecule has 180 valence electrons. The molecule has 0 spiro atoms. The second-order valence-electron chi connectivity index (χ2n) is 10.8. The van der Waals surface area contributed by atoms with Crippen LogP contribution in [0.2, 0.25) is 0 Å². The molecule has 2 aromatic heterocycles. The molecule has 2 aliphatic carbocycles. The standard InChI is InChI=1S/C28H35N3O2S/c1-6-7-20(31-27(32)33-28(3,4)5)26-29-15-21(30-26)23-13-12-22(34-23)19-11-8-16(2)24-17-9-10-18(14-17)25(19)24/h8,11-13,15,17-18,20H,6-7,9-10,14H2,1-5H3,(H,29,30)(H,31,32)/t17?,18?,20-/m0/s1. The summed E-state index contributed by atoms with van der Waals surface area (Å²) in [5.41, 5.74) is 6.57. The van der Waals surface area contributed by atoms with Gasteiger partial charge >= 0.3 is 6.09 Å². The molecule has 1 fully saturated rings. The lowest BCUT2D eigenvalue weighted by Gasteiger charge is -2.22. The molecule has 34 heavy (non-hydrogen) atoms. The summed E-state index contributed by atoms with van der Waals surface area (Å²) in [6.07, 6.45) is 7.21. The molecule has 3 atom stereocenters. The van der Waals surface area contributed by atoms with Crippen molar-refractivity contribution in [3.8, 4) is 21.0 Å². The molecular weight excluding hydrogens is 442 g/mol. The Bertz CT molecular complexity index is 1200. The predicted octanol–water partition coefficient (Wildman–Crippen LogP) is 7.84. The number of alkyl carbamates (subject to hydrolysis) is 1. The second kappa shape index (κ2) is 8.88. The van der Waals surface area contributed by atoms with E-state index in [1.54, 1.807) is 11.1 Å². The number of fused-ring (bicyclic) bond motifs is 5. The number of nitrogens with one attached hydrogen (secondary N) is 2. The highest BCUT2D eigenvalue weighted by Gasteiger charge is 2.39. The number of nitrogens with zero attached hydrogens (tertiary/aromatic N) is 1. The number of imidazole rings is 1. The van der Waals surface area contributed by atoms with Crippen LogP contribution in [0.1, 0.15) is 100 Å². The summed E-state index contributed by atoms with van der Waals surface area (Å²) in [7, 11) is 0. The third-order valence-corrected chi connectivity index (χ3v) is 8.24. The number of benzene rings is 1. The monoisotopic (exact) mass is 477 g/mol. The van der Waals surface area contributed by atoms with Crippen LogP contribution >= 0.6 is 11.3 Å². The van der Waals surface area contributed by atoms with E-state index in [1.807, 2.05) is 38.3 Å². The second-order valence-corrected chi connectivity index (χ2v) is 11.9. The van der Waals surface area contributed by atoms with Crippen molar-refractivity contribution in [3.63, 3.8) is 0 Å². The molecule has 2 N–H and O–H groups in total. The van der Waals surface area contributed by atoms with Crippen molar-refractivity contribution < 1.29 is 9.53 Å². The first-order valence-electron chi connectivity index (χ1n) is 12.5. The van der Waals surface area contributed by atoms with E-state index in [4.69, 9.17) is 4.74 Å². The topological polar surface area (TPSA) is 67.0 Å². The molecule has 1 saturated carbocycles. The number of ether oxygens (including phenoxy) is 1. The van der Waals surface area contributed by atoms with E-state index in [0.29, 0.717) is 0 Å². The van der Waals surface area contributed by atoms with E-state index in [1.165, 1.54) is 40.1 Å². The van der Waals surface area contributed by atoms with Gasteiger partial charge < -0.3 is 15.0 Å². The van der Waals surface area contributed by atoms with Crippen LogP contribution in [-0.2, 0) is 4.74 Å². The van der Waals surface area contributed by atoms with Gasteiger partial charge in [0.25, 0.3) is 0 Å². The summed E-state index contributed by atoms with van der Waals surface area (Å²) >= 11 is 1.82. The number of hydrogen-bond acceptors (Lipinski definition) is 4. The van der Waals surface area contributed by atoms with Gasteiger partial charge in [-0.25, -0.2) is 9.78 Å². The molecule has 3 aromatic rings. The van der Waals surface area contributed by atoms with Crippen LogP contribution in [0, 0.1) is 6.92 Å². The van der Waals surface area contributed by atoms with Gasteiger partial charge in [-0.2, -0.15) is 0 Å². The first-order chi connectivity index (χ1) is 16.2. The minimum atomic E-state index is -0.530. The van der Waals surface area contributed by atoms with Gasteiger partial charge in [0.2, 0.25) is 0 Å². The highest BCUT2D eigenvalue weighted by atomic mass is 32.1. The Labute approximate surface area is 206 Å². The molecule has 0 saturated heterocycles. The zero-order valence-electron chi connectivity index (χ0n) is 20.8. The molecule has 2 bridgehead atoms. The van der Waals surface area contributed by atoms with Crippen LogP contribution in [0.5, 0.6) is 0 Å². The number of H-pyrrole nitrogens is 1. The van der Waals surface area contributed by atoms with Gasteiger partial charge in [-0.3, -0.25) is 0 Å². The van der Waals surface area contributed by atoms with Crippen LogP contribution in [0.15, 0.2) is 30.5 Å². The highest BCUT2D eigenvalue weighted by Crippen LogP contribution is 2.57. The van der Waals surface area contributed by atoms with Gasteiger partial charge in [0.1, 0.15) is 11.4 Å². The third kappa shape index (κ3) is 4.40. The third-order valence-electron chi connectivity index (χ3n) is 7.09. The van der Waals surface area contributed by atoms with E-state index in [9.17, 15) is 4.79 Å². The minimum Gasteiger partial charge on any atom is -0.444 e. The van der Waals surface area contributed by atoms with Crippen LogP contribution in [-0.4, -0.2) is 21.7 Å². The average molecular weight is 478 g/mol. The summed E-state index contributed by atoms with van der Waals surface area (Å²) < 4.78 is 5.46. The number of aryl methyl sites for hydroxylation is 1. The molecule has 0 radical (unpaired) electrons. The Kier molecular flexibility index (Phi) is 6.05. The summed E-state index contributed by atoms with van der Waals surface area (Å²) in [6.45, 7) is 9.99. The maximum atomic E-state index is 12.4. The average Bonchev–Trinajstić information content (AvgIpc) is 3.56. The molecule has 0 aliphatic heterocycles. The van der Waals surface area contributed by atoms with E-state index in [2.05, 4.69) is 53.4 Å². The Balaban J connectivity index is 1.38. The van der Waals surface area contributed by atoms with Gasteiger partial charge in [0.05, 0.1) is 22.8 Å². The van der Waals surface area contributed by atoms with Gasteiger partial charge in [0, 0.05) is 4.88 Å².